The Balaban J connectivity index is 0. The number of sulfone groups is 2. The van der Waals surface area contributed by atoms with Crippen molar-refractivity contribution in [3.63, 3.8) is 0 Å². The Morgan fingerprint density at radius 1 is 0.600 bits per heavy atom. The fourth-order valence-corrected chi connectivity index (χ4v) is 6.42. The van der Waals surface area contributed by atoms with Crippen molar-refractivity contribution in [3.8, 4) is 0 Å². The molecule has 0 aromatic heterocycles. The Labute approximate surface area is 220 Å². The summed E-state index contributed by atoms with van der Waals surface area (Å²) in [6.07, 6.45) is 0. The number of halogens is 9. The molecule has 0 heterocycles. The first-order valence-corrected chi connectivity index (χ1v) is 13.0. The number of hydrogen-bond acceptors (Lipinski definition) is 10. The van der Waals surface area contributed by atoms with E-state index in [1.54, 1.807) is 0 Å². The Morgan fingerprint density at radius 2 is 0.914 bits per heavy atom. The normalized spacial score (nSPS) is 14.6. The summed E-state index contributed by atoms with van der Waals surface area (Å²) in [5.41, 5.74) is 0. The van der Waals surface area contributed by atoms with Crippen LogP contribution in [0.15, 0.2) is 28.0 Å². The van der Waals surface area contributed by atoms with E-state index in [-0.39, 0.29) is 49.9 Å². The minimum absolute atomic E-state index is 0. The van der Waals surface area contributed by atoms with Gasteiger partial charge in [-0.05, 0) is 18.2 Å². The van der Waals surface area contributed by atoms with Crippen LogP contribution in [0.3, 0.4) is 0 Å². The first-order chi connectivity index (χ1) is 14.1. The summed E-state index contributed by atoms with van der Waals surface area (Å²) in [5, 5.41) is -29.4. The van der Waals surface area contributed by atoms with Crippen molar-refractivity contribution in [1.82, 2.24) is 0 Å². The molecule has 0 bridgehead atoms. The fourth-order valence-electron chi connectivity index (χ4n) is 1.75. The van der Waals surface area contributed by atoms with Gasteiger partial charge in [0.2, 0.25) is 0 Å². The molecule has 1 aromatic carbocycles. The van der Waals surface area contributed by atoms with Gasteiger partial charge in [0.25, 0.3) is 19.7 Å². The van der Waals surface area contributed by atoms with Crippen molar-refractivity contribution in [2.45, 2.75) is 30.8 Å². The van der Waals surface area contributed by atoms with Crippen LogP contribution in [0.5, 0.6) is 0 Å². The van der Waals surface area contributed by atoms with Crippen molar-refractivity contribution in [2.24, 2.45) is 0 Å². The van der Waals surface area contributed by atoms with Crippen LogP contribution in [0.1, 0.15) is 0 Å². The summed E-state index contributed by atoms with van der Waals surface area (Å²) in [4.78, 5) is -5.05. The molecule has 0 unspecified atom stereocenters. The Kier molecular flexibility index (Phi) is 10.8. The molecule has 10 nitrogen and oxygen atoms in total. The summed E-state index contributed by atoms with van der Waals surface area (Å²) < 4.78 is 218. The standard InChI is InChI=1S/C10H5ClF8O10S4.2Li/c11-5-2-1-4(30(20,21)7(12,13)9(16,17)32(24,25)26)3-6(5)31(22,23)8(14,15)10(18,19)33(27,28)29;;/h1-3H,(H,24,25,26)(H,27,28,29);;/q;2*+1/p-2. The molecule has 0 saturated carbocycles. The van der Waals surface area contributed by atoms with Gasteiger partial charge < -0.3 is 9.11 Å². The summed E-state index contributed by atoms with van der Waals surface area (Å²) in [5.74, 6) is 0. The molecular weight excluding hydrogens is 610 g/mol. The van der Waals surface area contributed by atoms with E-state index >= 15 is 0 Å². The Morgan fingerprint density at radius 3 is 1.23 bits per heavy atom. The van der Waals surface area contributed by atoms with Crippen molar-refractivity contribution in [1.29, 1.82) is 0 Å². The van der Waals surface area contributed by atoms with Gasteiger partial charge in [0.1, 0.15) is 0 Å². The third-order valence-corrected chi connectivity index (χ3v) is 9.61. The van der Waals surface area contributed by atoms with Crippen molar-refractivity contribution < 1.29 is 116 Å². The Bertz CT molecular complexity index is 1410. The number of alkyl halides is 8. The van der Waals surface area contributed by atoms with E-state index in [0.29, 0.717) is 0 Å². The van der Waals surface area contributed by atoms with Gasteiger partial charge >= 0.3 is 58.7 Å². The molecule has 35 heavy (non-hydrogen) atoms. The zero-order valence-corrected chi connectivity index (χ0v) is 20.4. The summed E-state index contributed by atoms with van der Waals surface area (Å²) in [6, 6.07) is -1.49. The van der Waals surface area contributed by atoms with Crippen molar-refractivity contribution >= 4 is 51.5 Å². The van der Waals surface area contributed by atoms with Crippen LogP contribution in [-0.2, 0) is 39.9 Å². The smallest absolute Gasteiger partial charge is 0.743 e. The molecule has 1 rings (SSSR count). The average molecular weight is 613 g/mol. The molecule has 1 aromatic rings. The number of rotatable bonds is 8. The minimum atomic E-state index is -7.46. The van der Waals surface area contributed by atoms with E-state index < -0.39 is 81.8 Å². The molecule has 0 spiro atoms. The van der Waals surface area contributed by atoms with E-state index in [1.807, 2.05) is 0 Å². The molecule has 0 N–H and O–H groups in total. The molecular formula is C10H3ClF8Li2O10S4. The van der Waals surface area contributed by atoms with Crippen LogP contribution < -0.4 is 37.7 Å². The van der Waals surface area contributed by atoms with Gasteiger partial charge in [0.15, 0.2) is 20.2 Å². The van der Waals surface area contributed by atoms with E-state index in [0.717, 1.165) is 0 Å². The second-order valence-electron chi connectivity index (χ2n) is 5.57. The first kappa shape index (κ1) is 37.0. The van der Waals surface area contributed by atoms with Crippen LogP contribution in [0.2, 0.25) is 5.02 Å². The maximum atomic E-state index is 13.8. The molecule has 25 heteroatoms. The van der Waals surface area contributed by atoms with Crippen LogP contribution in [0.25, 0.3) is 0 Å². The van der Waals surface area contributed by atoms with Gasteiger partial charge in [0.05, 0.1) is 14.8 Å². The van der Waals surface area contributed by atoms with Crippen LogP contribution in [-0.4, -0.2) is 63.8 Å². The zero-order chi connectivity index (χ0) is 26.9. The van der Waals surface area contributed by atoms with Gasteiger partial charge in [-0.15, -0.1) is 0 Å². The summed E-state index contributed by atoms with van der Waals surface area (Å²) in [6.45, 7) is 0. The predicted molar refractivity (Wildman–Crippen MR) is 85.0 cm³/mol. The minimum Gasteiger partial charge on any atom is -0.743 e. The van der Waals surface area contributed by atoms with E-state index in [1.165, 1.54) is 0 Å². The van der Waals surface area contributed by atoms with Gasteiger partial charge in [0, 0.05) is 0 Å². The molecule has 0 atom stereocenters. The Hall–Kier alpha value is -0.135. The summed E-state index contributed by atoms with van der Waals surface area (Å²) >= 11 is 5.12. The molecule has 0 amide bonds. The molecule has 0 radical (unpaired) electrons. The van der Waals surface area contributed by atoms with Crippen LogP contribution in [0.4, 0.5) is 35.1 Å². The van der Waals surface area contributed by atoms with Crippen LogP contribution >= 0.6 is 11.6 Å². The van der Waals surface area contributed by atoms with E-state index in [9.17, 15) is 77.9 Å². The average Bonchev–Trinajstić information content (AvgIpc) is 2.59. The third kappa shape index (κ3) is 5.53. The molecule has 0 aliphatic carbocycles. The van der Waals surface area contributed by atoms with Gasteiger partial charge in [-0.25, -0.2) is 33.7 Å². The second kappa shape index (κ2) is 10.2. The van der Waals surface area contributed by atoms with E-state index in [2.05, 4.69) is 0 Å². The number of hydrogen-bond donors (Lipinski definition) is 0. The molecule has 0 aliphatic heterocycles. The van der Waals surface area contributed by atoms with Crippen molar-refractivity contribution in [2.75, 3.05) is 0 Å². The zero-order valence-electron chi connectivity index (χ0n) is 16.3. The van der Waals surface area contributed by atoms with Crippen LogP contribution in [0, 0.1) is 0 Å². The maximum Gasteiger partial charge on any atom is 1.00 e. The molecule has 0 fully saturated rings. The van der Waals surface area contributed by atoms with Crippen molar-refractivity contribution in [3.05, 3.63) is 23.2 Å². The quantitative estimate of drug-likeness (QED) is 0.157. The molecule has 0 aliphatic rings. The summed E-state index contributed by atoms with van der Waals surface area (Å²) in [7, 11) is -29.3. The third-order valence-electron chi connectivity index (χ3n) is 3.48. The predicted octanol–water partition coefficient (Wildman–Crippen LogP) is -4.64. The maximum absolute atomic E-state index is 13.8. The molecule has 0 saturated heterocycles. The topological polar surface area (TPSA) is 183 Å². The fraction of sp³-hybridized carbons (Fsp3) is 0.400. The van der Waals surface area contributed by atoms with Gasteiger partial charge in [-0.2, -0.15) is 35.1 Å². The van der Waals surface area contributed by atoms with E-state index in [4.69, 9.17) is 11.6 Å². The van der Waals surface area contributed by atoms with Gasteiger partial charge in [-0.3, -0.25) is 0 Å². The monoisotopic (exact) mass is 612 g/mol. The molecule has 192 valence electrons. The second-order valence-corrected chi connectivity index (χ2v) is 12.8. The number of benzene rings is 1. The SMILES string of the molecule is O=S(=O)([O-])C(F)(F)C(F)(F)S(=O)(=O)c1ccc(Cl)c(S(=O)(=O)C(F)(F)C(F)(F)S(=O)(=O)[O-])c1.[Li+].[Li+]. The largest absolute Gasteiger partial charge is 1.00 e. The first-order valence-electron chi connectivity index (χ1n) is 6.83. The van der Waals surface area contributed by atoms with Gasteiger partial charge in [-0.1, -0.05) is 11.6 Å².